The van der Waals surface area contributed by atoms with Crippen LogP contribution in [0.3, 0.4) is 0 Å². The zero-order chi connectivity index (χ0) is 56.9. The fourth-order valence-corrected chi connectivity index (χ4v) is 10.2. The van der Waals surface area contributed by atoms with Crippen molar-refractivity contribution in [1.29, 1.82) is 0 Å². The van der Waals surface area contributed by atoms with Crippen LogP contribution in [0.15, 0.2) is 104 Å². The molecular formula is C63H94O14. The standard InChI is InChI=1S/C25H36O5.C20H28O4.C18H30O5/c1-16(10-12-20-17(2)8-6-14-25(20,3)4)7-5-9-18-11-13-21(29-23(18)27)19-15-22(26)30-24(19)28;1-15(2)7-4-8-16(3)9-5-10-17(14-21)11-6-12-18-13-19(22)24-20(18)23;1-3-4-5-6-7-8-9-10-11-12-16(22-14(2)19)15-13-17(20)23-18(15)21/h7,11,15,21,23-24,27-28H,5-6,8-10,12-14H2,1-4H3;7,9,11,13-14,20,23H,4-6,8,10,12H2,1-3H3;13,16,18,21H,3-12H2,1-2H3/b16-7+;16-9+,17-11-;/t21-,23?,24?;;/m1../s1. The molecule has 4 N–H and O–H groups in total. The Morgan fingerprint density at radius 1 is 0.688 bits per heavy atom. The molecule has 5 aliphatic rings. The number of cyclic esters (lactones) is 3. The molecule has 5 rings (SSSR count). The highest BCUT2D eigenvalue weighted by atomic mass is 16.7. The molecule has 0 saturated carbocycles. The summed E-state index contributed by atoms with van der Waals surface area (Å²) in [5, 5.41) is 39.2. The smallest absolute Gasteiger partial charge is 0.333 e. The van der Waals surface area contributed by atoms with Gasteiger partial charge in [0.1, 0.15) is 12.4 Å². The summed E-state index contributed by atoms with van der Waals surface area (Å²) in [6.07, 6.45) is 33.7. The van der Waals surface area contributed by atoms with Gasteiger partial charge in [0, 0.05) is 41.9 Å². The SMILES string of the molecule is CC(C)=CCC/C(C)=C/CC/C(C=O)=C/CCC1=CC(=O)OC1O.CC1=C(CC/C(C)=C/CCC2=CC[C@H](C3=CC(=O)OC3O)OC2O)C(C)(C)CCC1.CCCCCCCCCCCC(OC(C)=O)C1=CC(=O)OC1O. The molecule has 77 heavy (non-hydrogen) atoms. The van der Waals surface area contributed by atoms with Gasteiger partial charge in [-0.25, -0.2) is 14.4 Å². The average Bonchev–Trinajstić information content (AvgIpc) is 4.01. The monoisotopic (exact) mass is 1070 g/mol. The van der Waals surface area contributed by atoms with Gasteiger partial charge in [-0.1, -0.05) is 130 Å². The van der Waals surface area contributed by atoms with Crippen molar-refractivity contribution < 1.29 is 68.1 Å². The number of ether oxygens (including phenoxy) is 5. The van der Waals surface area contributed by atoms with E-state index in [1.807, 2.05) is 12.2 Å². The van der Waals surface area contributed by atoms with Crippen molar-refractivity contribution in [2.45, 2.75) is 254 Å². The van der Waals surface area contributed by atoms with Crippen LogP contribution in [-0.4, -0.2) is 88.0 Å². The molecule has 430 valence electrons. The van der Waals surface area contributed by atoms with Gasteiger partial charge >= 0.3 is 23.9 Å². The van der Waals surface area contributed by atoms with Crippen LogP contribution >= 0.6 is 0 Å². The van der Waals surface area contributed by atoms with Crippen LogP contribution in [-0.2, 0) is 47.7 Å². The zero-order valence-electron chi connectivity index (χ0n) is 48.0. The summed E-state index contributed by atoms with van der Waals surface area (Å²) < 4.78 is 24.8. The molecule has 4 heterocycles. The van der Waals surface area contributed by atoms with E-state index in [1.54, 1.807) is 11.1 Å². The van der Waals surface area contributed by atoms with Crippen LogP contribution < -0.4 is 0 Å². The second-order valence-corrected chi connectivity index (χ2v) is 22.0. The molecule has 0 fully saturated rings. The largest absolute Gasteiger partial charge is 0.458 e. The molecule has 0 aromatic rings. The van der Waals surface area contributed by atoms with Crippen molar-refractivity contribution >= 4 is 30.2 Å². The molecule has 14 nitrogen and oxygen atoms in total. The molecule has 0 saturated heterocycles. The van der Waals surface area contributed by atoms with E-state index in [9.17, 15) is 44.4 Å². The van der Waals surface area contributed by atoms with Crippen LogP contribution in [0.1, 0.15) is 216 Å². The van der Waals surface area contributed by atoms with E-state index >= 15 is 0 Å². The maximum Gasteiger partial charge on any atom is 0.333 e. The van der Waals surface area contributed by atoms with Crippen molar-refractivity contribution in [3.63, 3.8) is 0 Å². The van der Waals surface area contributed by atoms with Crippen LogP contribution in [0.2, 0.25) is 0 Å². The van der Waals surface area contributed by atoms with Gasteiger partial charge in [-0.15, -0.1) is 0 Å². The Hall–Kier alpha value is -4.99. The lowest BCUT2D eigenvalue weighted by Gasteiger charge is -2.35. The number of unbranched alkanes of at least 4 members (excludes halogenated alkanes) is 8. The molecule has 0 aromatic carbocycles. The second kappa shape index (κ2) is 35.5. The Bertz CT molecular complexity index is 2230. The van der Waals surface area contributed by atoms with E-state index in [0.29, 0.717) is 54.2 Å². The zero-order valence-corrected chi connectivity index (χ0v) is 48.0. The number of hydrogen-bond donors (Lipinski definition) is 4. The summed E-state index contributed by atoms with van der Waals surface area (Å²) in [7, 11) is 0. The lowest BCUT2D eigenvalue weighted by molar-refractivity contribution is -0.156. The summed E-state index contributed by atoms with van der Waals surface area (Å²) in [6.45, 7) is 19.1. The molecule has 1 aliphatic carbocycles. The van der Waals surface area contributed by atoms with Crippen molar-refractivity contribution in [3.05, 3.63) is 104 Å². The normalized spacial score (nSPS) is 22.7. The fourth-order valence-electron chi connectivity index (χ4n) is 10.2. The molecule has 0 amide bonds. The van der Waals surface area contributed by atoms with E-state index in [0.717, 1.165) is 81.6 Å². The third-order valence-corrected chi connectivity index (χ3v) is 14.7. The van der Waals surface area contributed by atoms with Crippen LogP contribution in [0.5, 0.6) is 0 Å². The van der Waals surface area contributed by atoms with Gasteiger partial charge in [-0.05, 0) is 154 Å². The highest BCUT2D eigenvalue weighted by Gasteiger charge is 2.35. The number of aldehydes is 1. The van der Waals surface area contributed by atoms with Crippen LogP contribution in [0.25, 0.3) is 0 Å². The molecular weight excluding hydrogens is 981 g/mol. The molecule has 0 spiro atoms. The molecule has 5 unspecified atom stereocenters. The number of carbonyl (C=O) groups excluding carboxylic acids is 5. The van der Waals surface area contributed by atoms with Crippen LogP contribution in [0.4, 0.5) is 0 Å². The summed E-state index contributed by atoms with van der Waals surface area (Å²) in [5.41, 5.74) is 10.5. The highest BCUT2D eigenvalue weighted by molar-refractivity contribution is 5.86. The average molecular weight is 1080 g/mol. The Morgan fingerprint density at radius 2 is 1.27 bits per heavy atom. The molecule has 4 aliphatic heterocycles. The lowest BCUT2D eigenvalue weighted by atomic mass is 9.71. The first-order valence-electron chi connectivity index (χ1n) is 28.4. The van der Waals surface area contributed by atoms with Crippen molar-refractivity contribution in [1.82, 2.24) is 0 Å². The van der Waals surface area contributed by atoms with E-state index in [-0.39, 0.29) is 0 Å². The van der Waals surface area contributed by atoms with Gasteiger partial charge < -0.3 is 44.1 Å². The predicted octanol–water partition coefficient (Wildman–Crippen LogP) is 12.7. The number of carbonyl (C=O) groups is 5. The number of allylic oxidation sites excluding steroid dienone is 10. The van der Waals surface area contributed by atoms with E-state index in [4.69, 9.17) is 14.2 Å². The van der Waals surface area contributed by atoms with E-state index < -0.39 is 61.2 Å². The summed E-state index contributed by atoms with van der Waals surface area (Å²) in [6, 6.07) is 0. The van der Waals surface area contributed by atoms with Crippen molar-refractivity contribution in [2.75, 3.05) is 0 Å². The van der Waals surface area contributed by atoms with Gasteiger partial charge in [-0.2, -0.15) is 0 Å². The van der Waals surface area contributed by atoms with Crippen molar-refractivity contribution in [3.8, 4) is 0 Å². The van der Waals surface area contributed by atoms with Crippen LogP contribution in [0, 0.1) is 5.41 Å². The first kappa shape index (κ1) is 66.3. The van der Waals surface area contributed by atoms with Gasteiger partial charge in [0.2, 0.25) is 18.9 Å². The third kappa shape index (κ3) is 25.6. The van der Waals surface area contributed by atoms with Gasteiger partial charge in [0.25, 0.3) is 0 Å². The highest BCUT2D eigenvalue weighted by Crippen LogP contribution is 2.43. The first-order valence-corrected chi connectivity index (χ1v) is 28.4. The number of esters is 4. The van der Waals surface area contributed by atoms with Gasteiger partial charge in [-0.3, -0.25) is 9.59 Å². The Morgan fingerprint density at radius 3 is 1.84 bits per heavy atom. The summed E-state index contributed by atoms with van der Waals surface area (Å²) >= 11 is 0. The Balaban J connectivity index is 0.000000308. The number of hydrogen-bond acceptors (Lipinski definition) is 14. The topological polar surface area (TPSA) is 212 Å². The van der Waals surface area contributed by atoms with Gasteiger partial charge in [0.05, 0.1) is 6.10 Å². The second-order valence-electron chi connectivity index (χ2n) is 22.0. The van der Waals surface area contributed by atoms with Gasteiger partial charge in [0.15, 0.2) is 6.29 Å². The molecule has 6 atom stereocenters. The third-order valence-electron chi connectivity index (χ3n) is 14.7. The molecule has 14 heteroatoms. The minimum atomic E-state index is -1.29. The Kier molecular flexibility index (Phi) is 30.6. The fraction of sp³-hybridized carbons (Fsp3) is 0.635. The summed E-state index contributed by atoms with van der Waals surface area (Å²) in [5.74, 6) is -2.09. The maximum atomic E-state index is 11.3. The first-order chi connectivity index (χ1) is 36.6. The molecule has 0 aromatic heterocycles. The Labute approximate surface area is 460 Å². The lowest BCUT2D eigenvalue weighted by Crippen LogP contribution is -2.32. The number of aliphatic hydroxyl groups is 4. The number of aliphatic hydroxyl groups excluding tert-OH is 4. The predicted molar refractivity (Wildman–Crippen MR) is 299 cm³/mol. The number of rotatable bonds is 29. The quantitative estimate of drug-likeness (QED) is 0.0137. The molecule has 0 radical (unpaired) electrons. The maximum absolute atomic E-state index is 11.3. The van der Waals surface area contributed by atoms with E-state index in [2.05, 4.69) is 83.1 Å². The minimum absolute atomic E-state index is 0.325. The molecule has 0 bridgehead atoms. The minimum Gasteiger partial charge on any atom is -0.458 e. The summed E-state index contributed by atoms with van der Waals surface area (Å²) in [4.78, 5) is 55.8. The van der Waals surface area contributed by atoms with Crippen molar-refractivity contribution in [2.24, 2.45) is 5.41 Å². The van der Waals surface area contributed by atoms with E-state index in [1.165, 1.54) is 99.7 Å².